The van der Waals surface area contributed by atoms with Gasteiger partial charge in [0.2, 0.25) is 0 Å². The Morgan fingerprint density at radius 1 is 0.655 bits per heavy atom. The fourth-order valence-electron chi connectivity index (χ4n) is 3.82. The zero-order chi connectivity index (χ0) is 21.1. The lowest BCUT2D eigenvalue weighted by Crippen LogP contribution is -3.00. The van der Waals surface area contributed by atoms with Gasteiger partial charge in [-0.05, 0) is 25.3 Å². The number of ketones is 1. The lowest BCUT2D eigenvalue weighted by atomic mass is 10.0. The zero-order valence-corrected chi connectivity index (χ0v) is 22.0. The first kappa shape index (κ1) is 31.0. The first-order valence-corrected chi connectivity index (χ1v) is 12.4. The molecular formula is C26H52BrNO. The molecule has 0 fully saturated rings. The summed E-state index contributed by atoms with van der Waals surface area (Å²) in [6.45, 7) is 9.97. The molecule has 0 N–H and O–H groups in total. The number of halogens is 1. The van der Waals surface area contributed by atoms with Crippen molar-refractivity contribution in [3.8, 4) is 0 Å². The molecule has 0 saturated carbocycles. The van der Waals surface area contributed by atoms with Gasteiger partial charge in [0.15, 0.2) is 5.78 Å². The first-order chi connectivity index (χ1) is 13.4. The van der Waals surface area contributed by atoms with Gasteiger partial charge in [0.25, 0.3) is 0 Å². The maximum atomic E-state index is 11.7. The molecule has 0 aliphatic heterocycles. The Morgan fingerprint density at radius 2 is 1.00 bits per heavy atom. The molecule has 0 radical (unpaired) electrons. The highest BCUT2D eigenvalue weighted by atomic mass is 79.9. The molecule has 0 heterocycles. The van der Waals surface area contributed by atoms with Crippen molar-refractivity contribution in [2.45, 2.75) is 123 Å². The second-order valence-electron chi connectivity index (χ2n) is 9.64. The lowest BCUT2D eigenvalue weighted by molar-refractivity contribution is -0.889. The number of carbonyl (C=O) groups excluding carboxylic acids is 1. The monoisotopic (exact) mass is 473 g/mol. The van der Waals surface area contributed by atoms with Crippen molar-refractivity contribution >= 4 is 5.78 Å². The molecule has 29 heavy (non-hydrogen) atoms. The third kappa shape index (κ3) is 22.4. The van der Waals surface area contributed by atoms with Crippen LogP contribution in [0.3, 0.4) is 0 Å². The number of allylic oxidation sites excluding steroid dienone is 1. The summed E-state index contributed by atoms with van der Waals surface area (Å²) in [5.41, 5.74) is 0.697. The van der Waals surface area contributed by atoms with Crippen LogP contribution in [0.5, 0.6) is 0 Å². The van der Waals surface area contributed by atoms with Crippen LogP contribution in [-0.4, -0.2) is 37.5 Å². The van der Waals surface area contributed by atoms with Gasteiger partial charge >= 0.3 is 0 Å². The smallest absolute Gasteiger partial charge is 0.163 e. The van der Waals surface area contributed by atoms with Crippen LogP contribution in [0.1, 0.15) is 123 Å². The maximum Gasteiger partial charge on any atom is 0.163 e. The van der Waals surface area contributed by atoms with E-state index in [1.807, 2.05) is 6.92 Å². The van der Waals surface area contributed by atoms with Crippen molar-refractivity contribution in [3.63, 3.8) is 0 Å². The molecule has 3 heteroatoms. The second-order valence-corrected chi connectivity index (χ2v) is 9.64. The van der Waals surface area contributed by atoms with E-state index in [1.54, 1.807) is 0 Å². The van der Waals surface area contributed by atoms with Gasteiger partial charge < -0.3 is 21.5 Å². The van der Waals surface area contributed by atoms with E-state index in [4.69, 9.17) is 0 Å². The van der Waals surface area contributed by atoms with Crippen LogP contribution >= 0.6 is 0 Å². The Bertz CT molecular complexity index is 392. The van der Waals surface area contributed by atoms with Gasteiger partial charge in [-0.25, -0.2) is 0 Å². The minimum Gasteiger partial charge on any atom is -1.00 e. The molecule has 0 rings (SSSR count). The summed E-state index contributed by atoms with van der Waals surface area (Å²) in [4.78, 5) is 11.7. The standard InChI is InChI=1S/C26H52NO.BrH/c1-6-7-8-9-10-11-12-13-14-15-16-17-18-19-20-21-23-27(4,5)24-22-26(28)25(2)3;/h2,6-24H2,1,3-5H3;1H/q+1;/p-1. The van der Waals surface area contributed by atoms with Crippen molar-refractivity contribution in [1.29, 1.82) is 0 Å². The van der Waals surface area contributed by atoms with Crippen molar-refractivity contribution in [1.82, 2.24) is 0 Å². The van der Waals surface area contributed by atoms with Gasteiger partial charge in [-0.15, -0.1) is 0 Å². The Kier molecular flexibility index (Phi) is 22.6. The molecule has 0 aliphatic rings. The summed E-state index contributed by atoms with van der Waals surface area (Å²) in [5.74, 6) is 0.221. The topological polar surface area (TPSA) is 17.1 Å². The van der Waals surface area contributed by atoms with E-state index in [1.165, 1.54) is 109 Å². The molecule has 0 unspecified atom stereocenters. The number of nitrogens with zero attached hydrogens (tertiary/aromatic N) is 1. The number of quaternary nitrogens is 1. The van der Waals surface area contributed by atoms with E-state index >= 15 is 0 Å². The zero-order valence-electron chi connectivity index (χ0n) is 20.4. The van der Waals surface area contributed by atoms with Gasteiger partial charge in [-0.2, -0.15) is 0 Å². The van der Waals surface area contributed by atoms with Crippen LogP contribution < -0.4 is 17.0 Å². The Balaban J connectivity index is 0. The minimum absolute atomic E-state index is 0. The van der Waals surface area contributed by atoms with E-state index in [9.17, 15) is 4.79 Å². The summed E-state index contributed by atoms with van der Waals surface area (Å²) in [5, 5.41) is 0. The van der Waals surface area contributed by atoms with Gasteiger partial charge in [0.1, 0.15) is 0 Å². The predicted molar refractivity (Wildman–Crippen MR) is 126 cm³/mol. The Hall–Kier alpha value is -0.150. The molecule has 2 nitrogen and oxygen atoms in total. The quantitative estimate of drug-likeness (QED) is 0.132. The number of rotatable bonds is 21. The molecule has 0 spiro atoms. The first-order valence-electron chi connectivity index (χ1n) is 12.4. The maximum absolute atomic E-state index is 11.7. The van der Waals surface area contributed by atoms with Crippen LogP contribution in [0.15, 0.2) is 12.2 Å². The Labute approximate surface area is 194 Å². The largest absolute Gasteiger partial charge is 1.00 e. The number of hydrogen-bond donors (Lipinski definition) is 0. The molecule has 0 bridgehead atoms. The van der Waals surface area contributed by atoms with Crippen molar-refractivity contribution in [2.24, 2.45) is 0 Å². The van der Waals surface area contributed by atoms with Crippen molar-refractivity contribution in [3.05, 3.63) is 12.2 Å². The summed E-state index contributed by atoms with van der Waals surface area (Å²) in [7, 11) is 4.49. The van der Waals surface area contributed by atoms with Crippen LogP contribution in [0.25, 0.3) is 0 Å². The average molecular weight is 475 g/mol. The second kappa shape index (κ2) is 21.1. The third-order valence-corrected chi connectivity index (χ3v) is 6.04. The van der Waals surface area contributed by atoms with Gasteiger partial charge in [0.05, 0.1) is 33.6 Å². The fourth-order valence-corrected chi connectivity index (χ4v) is 3.82. The van der Waals surface area contributed by atoms with Crippen LogP contribution in [-0.2, 0) is 4.79 Å². The normalized spacial score (nSPS) is 11.3. The molecule has 0 aromatic heterocycles. The SMILES string of the molecule is C=C(C)C(=O)CC[N+](C)(C)CCCCCCCCCCCCCCCCCC.[Br-]. The summed E-state index contributed by atoms with van der Waals surface area (Å²) in [6.07, 6.45) is 23.3. The highest BCUT2D eigenvalue weighted by Crippen LogP contribution is 2.14. The van der Waals surface area contributed by atoms with Gasteiger partial charge in [-0.1, -0.05) is 103 Å². The molecule has 0 aromatic carbocycles. The number of hydrogen-bond acceptors (Lipinski definition) is 1. The van der Waals surface area contributed by atoms with E-state index in [-0.39, 0.29) is 22.8 Å². The molecule has 0 atom stereocenters. The van der Waals surface area contributed by atoms with Gasteiger partial charge in [-0.3, -0.25) is 4.79 Å². The minimum atomic E-state index is 0. The Morgan fingerprint density at radius 3 is 1.34 bits per heavy atom. The number of Topliss-reactive ketones (excluding diaryl/α,β-unsaturated/α-hetero) is 1. The van der Waals surface area contributed by atoms with Crippen molar-refractivity contribution < 1.29 is 26.3 Å². The van der Waals surface area contributed by atoms with E-state index < -0.39 is 0 Å². The lowest BCUT2D eigenvalue weighted by Gasteiger charge is -2.29. The fraction of sp³-hybridized carbons (Fsp3) is 0.885. The highest BCUT2D eigenvalue weighted by Gasteiger charge is 2.16. The van der Waals surface area contributed by atoms with Crippen molar-refractivity contribution in [2.75, 3.05) is 27.2 Å². The predicted octanol–water partition coefficient (Wildman–Crippen LogP) is 4.86. The van der Waals surface area contributed by atoms with Gasteiger partial charge in [0, 0.05) is 0 Å². The summed E-state index contributed by atoms with van der Waals surface area (Å²) >= 11 is 0. The van der Waals surface area contributed by atoms with Crippen LogP contribution in [0, 0.1) is 0 Å². The number of carbonyl (C=O) groups is 1. The van der Waals surface area contributed by atoms with Crippen LogP contribution in [0.2, 0.25) is 0 Å². The van der Waals surface area contributed by atoms with Crippen LogP contribution in [0.4, 0.5) is 0 Å². The molecule has 0 amide bonds. The third-order valence-electron chi connectivity index (χ3n) is 6.04. The molecule has 0 saturated heterocycles. The highest BCUT2D eigenvalue weighted by molar-refractivity contribution is 5.94. The van der Waals surface area contributed by atoms with E-state index in [0.717, 1.165) is 11.0 Å². The molecule has 174 valence electrons. The number of unbranched alkanes of at least 4 members (excludes halogenated alkanes) is 15. The molecule has 0 aromatic rings. The molecule has 0 aliphatic carbocycles. The average Bonchev–Trinajstić information content (AvgIpc) is 2.65. The summed E-state index contributed by atoms with van der Waals surface area (Å²) in [6, 6.07) is 0. The molecular weight excluding hydrogens is 422 g/mol. The summed E-state index contributed by atoms with van der Waals surface area (Å²) < 4.78 is 0.956. The van der Waals surface area contributed by atoms with E-state index in [2.05, 4.69) is 27.6 Å². The van der Waals surface area contributed by atoms with E-state index in [0.29, 0.717) is 12.0 Å².